The van der Waals surface area contributed by atoms with E-state index in [4.69, 9.17) is 33.8 Å². The van der Waals surface area contributed by atoms with Crippen molar-refractivity contribution in [2.45, 2.75) is 0 Å². The van der Waals surface area contributed by atoms with Gasteiger partial charge < -0.3 is 8.83 Å². The number of benzene rings is 7. The van der Waals surface area contributed by atoms with E-state index in [9.17, 15) is 0 Å². The highest BCUT2D eigenvalue weighted by atomic mass is 16.4. The van der Waals surface area contributed by atoms with Crippen LogP contribution in [0.15, 0.2) is 173 Å². The summed E-state index contributed by atoms with van der Waals surface area (Å²) in [5.74, 6) is 2.75. The minimum absolute atomic E-state index is 0.501. The summed E-state index contributed by atoms with van der Waals surface area (Å²) in [6, 6.07) is 54.4. The lowest BCUT2D eigenvalue weighted by Gasteiger charge is -2.16. The van der Waals surface area contributed by atoms with Crippen LogP contribution in [0.25, 0.3) is 101 Å². The van der Waals surface area contributed by atoms with Crippen molar-refractivity contribution in [1.29, 1.82) is 0 Å². The van der Waals surface area contributed by atoms with E-state index in [1.165, 1.54) is 0 Å². The number of aromatic nitrogens is 5. The number of fused-ring (bicyclic) bond motifs is 3. The number of oxazole rings is 2. The first-order chi connectivity index (χ1) is 25.7. The number of para-hydroxylation sites is 4. The van der Waals surface area contributed by atoms with Crippen LogP contribution in [-0.2, 0) is 0 Å². The summed E-state index contributed by atoms with van der Waals surface area (Å²) in [6.45, 7) is 0. The molecule has 52 heavy (non-hydrogen) atoms. The highest BCUT2D eigenvalue weighted by molar-refractivity contribution is 6.03. The van der Waals surface area contributed by atoms with Crippen LogP contribution in [0.5, 0.6) is 0 Å². The summed E-state index contributed by atoms with van der Waals surface area (Å²) in [7, 11) is 0. The topological polar surface area (TPSA) is 90.7 Å². The van der Waals surface area contributed by atoms with Gasteiger partial charge in [-0.15, -0.1) is 0 Å². The SMILES string of the molecule is c1ccc(-c2nc(-c3ccccc3)nc(-c3c(-c4cc(-c5nc6ccccc6o5)cc(-c5nc6ccccc6o5)c4)ccc4ccccc34)n2)cc1. The third-order valence-corrected chi connectivity index (χ3v) is 9.18. The molecule has 10 rings (SSSR count). The van der Waals surface area contributed by atoms with Crippen molar-refractivity contribution in [3.63, 3.8) is 0 Å². The van der Waals surface area contributed by atoms with Crippen molar-refractivity contribution >= 4 is 33.0 Å². The Labute approximate surface area is 298 Å². The van der Waals surface area contributed by atoms with Crippen molar-refractivity contribution in [3.05, 3.63) is 164 Å². The van der Waals surface area contributed by atoms with E-state index in [1.807, 2.05) is 127 Å². The minimum Gasteiger partial charge on any atom is -0.436 e. The first-order valence-electron chi connectivity index (χ1n) is 17.0. The molecule has 3 aromatic heterocycles. The molecule has 0 aliphatic heterocycles. The van der Waals surface area contributed by atoms with Gasteiger partial charge in [0, 0.05) is 27.8 Å². The summed E-state index contributed by atoms with van der Waals surface area (Å²) in [5.41, 5.74) is 9.09. The average Bonchev–Trinajstić information content (AvgIpc) is 3.86. The summed E-state index contributed by atoms with van der Waals surface area (Å²) >= 11 is 0. The smallest absolute Gasteiger partial charge is 0.227 e. The van der Waals surface area contributed by atoms with Gasteiger partial charge in [0.05, 0.1) is 0 Å². The fourth-order valence-corrected chi connectivity index (χ4v) is 6.69. The van der Waals surface area contributed by atoms with E-state index in [-0.39, 0.29) is 0 Å². The number of nitrogens with zero attached hydrogens (tertiary/aromatic N) is 5. The van der Waals surface area contributed by atoms with Gasteiger partial charge in [-0.3, -0.25) is 0 Å². The van der Waals surface area contributed by atoms with Crippen LogP contribution in [0.1, 0.15) is 0 Å². The number of hydrogen-bond donors (Lipinski definition) is 0. The van der Waals surface area contributed by atoms with E-state index in [1.54, 1.807) is 0 Å². The van der Waals surface area contributed by atoms with Crippen molar-refractivity contribution in [1.82, 2.24) is 24.9 Å². The number of hydrogen-bond acceptors (Lipinski definition) is 7. The van der Waals surface area contributed by atoms with Gasteiger partial charge in [0.15, 0.2) is 28.6 Å². The van der Waals surface area contributed by atoms with Gasteiger partial charge in [-0.05, 0) is 64.4 Å². The molecule has 7 heteroatoms. The zero-order chi connectivity index (χ0) is 34.4. The molecule has 244 valence electrons. The summed E-state index contributed by atoms with van der Waals surface area (Å²) < 4.78 is 12.6. The Morgan fingerprint density at radius 1 is 0.346 bits per heavy atom. The largest absolute Gasteiger partial charge is 0.436 e. The van der Waals surface area contributed by atoms with Crippen molar-refractivity contribution in [2.24, 2.45) is 0 Å². The highest BCUT2D eigenvalue weighted by Gasteiger charge is 2.21. The summed E-state index contributed by atoms with van der Waals surface area (Å²) in [5, 5.41) is 2.08. The molecule has 0 atom stereocenters. The van der Waals surface area contributed by atoms with Crippen LogP contribution in [0.3, 0.4) is 0 Å². The molecular formula is C45H27N5O2. The molecule has 0 spiro atoms. The van der Waals surface area contributed by atoms with Crippen LogP contribution < -0.4 is 0 Å². The molecule has 0 N–H and O–H groups in total. The van der Waals surface area contributed by atoms with Gasteiger partial charge >= 0.3 is 0 Å². The van der Waals surface area contributed by atoms with Crippen LogP contribution in [0.2, 0.25) is 0 Å². The van der Waals surface area contributed by atoms with Gasteiger partial charge in [0.2, 0.25) is 11.8 Å². The molecular weight excluding hydrogens is 643 g/mol. The molecule has 0 radical (unpaired) electrons. The van der Waals surface area contributed by atoms with E-state index in [0.717, 1.165) is 60.8 Å². The lowest BCUT2D eigenvalue weighted by atomic mass is 9.91. The van der Waals surface area contributed by atoms with Crippen LogP contribution >= 0.6 is 0 Å². The fraction of sp³-hybridized carbons (Fsp3) is 0. The molecule has 0 aliphatic carbocycles. The van der Waals surface area contributed by atoms with E-state index < -0.39 is 0 Å². The molecule has 7 aromatic carbocycles. The zero-order valence-electron chi connectivity index (χ0n) is 27.6. The maximum Gasteiger partial charge on any atom is 0.227 e. The molecule has 0 unspecified atom stereocenters. The Morgan fingerprint density at radius 3 is 1.40 bits per heavy atom. The summed E-state index contributed by atoms with van der Waals surface area (Å²) in [6.07, 6.45) is 0. The first-order valence-corrected chi connectivity index (χ1v) is 17.0. The molecule has 0 fully saturated rings. The summed E-state index contributed by atoms with van der Waals surface area (Å²) in [4.78, 5) is 25.0. The van der Waals surface area contributed by atoms with Crippen molar-refractivity contribution < 1.29 is 8.83 Å². The third-order valence-electron chi connectivity index (χ3n) is 9.18. The standard InChI is InChI=1S/C45H27N5O2/c1-3-14-29(15-4-1)41-48-42(30-16-5-2-6-17-30)50-43(49-41)40-34-18-8-7-13-28(34)23-24-35(40)31-25-32(44-46-36-19-9-11-21-38(36)51-44)27-33(26-31)45-47-37-20-10-12-22-39(37)52-45/h1-27H. The lowest BCUT2D eigenvalue weighted by molar-refractivity contribution is 0.617. The fourth-order valence-electron chi connectivity index (χ4n) is 6.69. The van der Waals surface area contributed by atoms with E-state index in [2.05, 4.69) is 36.4 Å². The predicted octanol–water partition coefficient (Wildman–Crippen LogP) is 11.3. The second-order valence-corrected chi connectivity index (χ2v) is 12.5. The zero-order valence-corrected chi connectivity index (χ0v) is 27.6. The second kappa shape index (κ2) is 12.3. The van der Waals surface area contributed by atoms with E-state index in [0.29, 0.717) is 40.4 Å². The number of rotatable bonds is 6. The second-order valence-electron chi connectivity index (χ2n) is 12.5. The Morgan fingerprint density at radius 2 is 0.827 bits per heavy atom. The molecule has 0 saturated heterocycles. The molecule has 10 aromatic rings. The third kappa shape index (κ3) is 5.28. The predicted molar refractivity (Wildman–Crippen MR) is 205 cm³/mol. The monoisotopic (exact) mass is 669 g/mol. The molecule has 7 nitrogen and oxygen atoms in total. The molecule has 0 saturated carbocycles. The average molecular weight is 670 g/mol. The van der Waals surface area contributed by atoms with Gasteiger partial charge in [-0.25, -0.2) is 24.9 Å². The molecule has 0 bridgehead atoms. The maximum atomic E-state index is 6.31. The highest BCUT2D eigenvalue weighted by Crippen LogP contribution is 2.41. The van der Waals surface area contributed by atoms with Crippen LogP contribution in [0.4, 0.5) is 0 Å². The first kappa shape index (κ1) is 29.6. The van der Waals surface area contributed by atoms with Gasteiger partial charge in [-0.1, -0.05) is 121 Å². The maximum absolute atomic E-state index is 6.31. The van der Waals surface area contributed by atoms with Gasteiger partial charge in [-0.2, -0.15) is 0 Å². The van der Waals surface area contributed by atoms with Crippen molar-refractivity contribution in [2.75, 3.05) is 0 Å². The van der Waals surface area contributed by atoms with Gasteiger partial charge in [0.1, 0.15) is 11.0 Å². The quantitative estimate of drug-likeness (QED) is 0.174. The van der Waals surface area contributed by atoms with Crippen LogP contribution in [0, 0.1) is 0 Å². The van der Waals surface area contributed by atoms with Crippen LogP contribution in [-0.4, -0.2) is 24.9 Å². The lowest BCUT2D eigenvalue weighted by Crippen LogP contribution is -2.01. The van der Waals surface area contributed by atoms with E-state index >= 15 is 0 Å². The Kier molecular flexibility index (Phi) is 6.99. The Bertz CT molecular complexity index is 2700. The Balaban J connectivity index is 1.25. The normalized spacial score (nSPS) is 11.5. The molecule has 0 aliphatic rings. The van der Waals surface area contributed by atoms with Gasteiger partial charge in [0.25, 0.3) is 0 Å². The molecule has 3 heterocycles. The minimum atomic E-state index is 0.501. The molecule has 0 amide bonds. The van der Waals surface area contributed by atoms with Crippen molar-refractivity contribution in [3.8, 4) is 68.2 Å². The Hall–Kier alpha value is -7.25.